The van der Waals surface area contributed by atoms with Crippen LogP contribution in [0.2, 0.25) is 5.02 Å². The van der Waals surface area contributed by atoms with Crippen LogP contribution in [0.25, 0.3) is 11.1 Å². The van der Waals surface area contributed by atoms with E-state index in [9.17, 15) is 63.7 Å². The van der Waals surface area contributed by atoms with Gasteiger partial charge in [-0.05, 0) is 227 Å². The Balaban J connectivity index is 0.897. The minimum Gasteiger partial charge on any atom is -0.507 e. The summed E-state index contributed by atoms with van der Waals surface area (Å²) in [6.45, 7) is 9.68. The van der Waals surface area contributed by atoms with Gasteiger partial charge in [0.1, 0.15) is 101 Å². The third-order valence-corrected chi connectivity index (χ3v) is 27.9. The number of phenols is 2. The second-order valence-corrected chi connectivity index (χ2v) is 38.8. The standard InChI is InChI=1S/C93H117ClN12O27S/c1-8-9-12-25-126-53-16-18-55(19-17-53)134(124,125)99-24-11-10-23-98-92(123)128-54-37-57-70(62(109)38-54)56-33-47(13-20-61(56)108)72-86(118)106-76(90(122)104-74(57)88(120)101-71-50-29-45-28-46(31-50)32-51(71)30-45)78(112)49-15-22-64(58(94)34-49)130-66-36-52-35-65(81(66)133-91-82(80(114)79(113)67(41-107)131-91)132-69-40-93(6,96)83(115)44(5)127-69)129-63-21-14-48(27-43(63)4)77(111)75(105-84(116)59(97-7)26-42(2)3)89(121)100-60(39-68(95)110)85(117)102-73(52)87(119)103-72/h13-22,27,33-38,42,44-46,50-51,59-60,67,69,71-80,82-83,91,97,99,107-109,111-115H,8-12,23-26,28-32,39-41,96H2,1-7H3,(H2,95,110)(H,98,123)(H,100,121)(H,101,120)(H,102,117)(H,103,119)(H,104,122)(H,105,116)(H,106,118)/t44-,45?,46?,50?,51?,59+,60-,67+,69-,71?,72+,73+,74-,75+,76-,77+,78+,79+,80-,82+,83+,91-,93-/m0/s1. The number of hydrogen-bond acceptors (Lipinski definition) is 29. The van der Waals surface area contributed by atoms with Crippen LogP contribution in [0.1, 0.15) is 182 Å². The topological polar surface area (TPSA) is 596 Å². The number of primary amides is 1. The van der Waals surface area contributed by atoms with Crippen molar-refractivity contribution >= 4 is 75.0 Å². The van der Waals surface area contributed by atoms with Gasteiger partial charge in [-0.1, -0.05) is 63.4 Å². The number of unbranched alkanes of at least 4 members (excludes halogenated alkanes) is 3. The van der Waals surface area contributed by atoms with Crippen LogP contribution in [-0.2, 0) is 62.6 Å². The second kappa shape index (κ2) is 42.0. The molecule has 0 spiro atoms. The molecular weight excluding hydrogens is 1780 g/mol. The number of fused-ring (bicyclic) bond motifs is 15. The van der Waals surface area contributed by atoms with Gasteiger partial charge in [-0.15, -0.1) is 0 Å². The van der Waals surface area contributed by atoms with Crippen molar-refractivity contribution in [1.29, 1.82) is 0 Å². The smallest absolute Gasteiger partial charge is 0.412 e. The number of aryl methyl sites for hydroxylation is 1. The van der Waals surface area contributed by atoms with Crippen LogP contribution < -0.4 is 87.7 Å². The summed E-state index contributed by atoms with van der Waals surface area (Å²) in [7, 11) is -2.47. The predicted molar refractivity (Wildman–Crippen MR) is 479 cm³/mol. The number of aliphatic hydroxyl groups is 6. The summed E-state index contributed by atoms with van der Waals surface area (Å²) in [5.41, 5.74) is 8.99. The van der Waals surface area contributed by atoms with E-state index in [1.807, 2.05) is 13.8 Å². The molecule has 22 N–H and O–H groups in total. The zero-order valence-corrected chi connectivity index (χ0v) is 76.5. The van der Waals surface area contributed by atoms with E-state index in [2.05, 4.69) is 59.5 Å². The average molecular weight is 1900 g/mol. The molecule has 6 aromatic carbocycles. The fraction of sp³-hybridized carbons (Fsp3) is 0.516. The first kappa shape index (κ1) is 98.9. The van der Waals surface area contributed by atoms with Crippen molar-refractivity contribution in [3.63, 3.8) is 0 Å². The van der Waals surface area contributed by atoms with E-state index in [0.29, 0.717) is 24.2 Å². The highest BCUT2D eigenvalue weighted by atomic mass is 35.5. The van der Waals surface area contributed by atoms with Crippen molar-refractivity contribution in [3.8, 4) is 62.9 Å². The number of phenolic OH excluding ortho intramolecular Hbond substituents is 2. The molecule has 17 rings (SSSR count). The van der Waals surface area contributed by atoms with Gasteiger partial charge in [-0.3, -0.25) is 38.4 Å². The van der Waals surface area contributed by atoms with Crippen molar-refractivity contribution in [1.82, 2.24) is 52.6 Å². The minimum atomic E-state index is -3.96. The molecule has 7 heterocycles. The molecular formula is C93H117ClN12O27S. The predicted octanol–water partition coefficient (Wildman–Crippen LogP) is 4.33. The fourth-order valence-corrected chi connectivity index (χ4v) is 20.6. The third kappa shape index (κ3) is 22.3. The van der Waals surface area contributed by atoms with Crippen LogP contribution in [0.5, 0.6) is 51.7 Å². The summed E-state index contributed by atoms with van der Waals surface area (Å²) >= 11 is 7.33. The fourth-order valence-electron chi connectivity index (χ4n) is 19.3. The van der Waals surface area contributed by atoms with Crippen LogP contribution >= 0.6 is 11.6 Å². The lowest BCUT2D eigenvalue weighted by molar-refractivity contribution is -0.333. The number of amides is 9. The number of nitrogens with two attached hydrogens (primary N) is 2. The second-order valence-electron chi connectivity index (χ2n) is 36.6. The van der Waals surface area contributed by atoms with E-state index >= 15 is 28.8 Å². The normalized spacial score (nSPS) is 29.2. The number of nitrogens with one attached hydrogen (secondary N) is 10. The number of aromatic hydroxyl groups is 2. The van der Waals surface area contributed by atoms with E-state index in [1.54, 1.807) is 12.1 Å². The lowest BCUT2D eigenvalue weighted by Gasteiger charge is -2.54. The SMILES string of the molecule is CCCCCOc1ccc(S(=O)(=O)NCCCCNC(=O)Oc2cc(O)c3c(c2)[C@@H](C(=O)NC2C4CC5CC(C4)CC2C5)NC(=O)[C@H]2NC(=O)[C@H](NC(=O)[C@@H]4NC(=O)[C@H](CC(N)=O)NC(=O)[C@H](NC(=O)[C@@H](CC(C)C)NC)[C@H](O)c5ccc(c(C)c5)Oc5cc4cc(c5O[C@@H]4O[C@H](CO)[C@@H](O)[C@H](O)[C@H]4O[C@H]4C[C@](C)(N)[C@H](O)[C@H](C)O4)Oc4ccc(cc4Cl)[C@H]2O)c2ccc(O)c-3c2)cc1. The summed E-state index contributed by atoms with van der Waals surface area (Å²) in [4.78, 5) is 138. The number of carbonyl (C=O) groups is 9. The Morgan fingerprint density at radius 2 is 1.33 bits per heavy atom. The molecule has 4 saturated carbocycles. The summed E-state index contributed by atoms with van der Waals surface area (Å²) in [5.74, 6) is -12.7. The molecule has 7 aliphatic heterocycles. The molecule has 0 unspecified atom stereocenters. The molecule has 11 aliphatic rings. The van der Waals surface area contributed by atoms with Crippen molar-refractivity contribution < 1.29 is 130 Å². The third-order valence-electron chi connectivity index (χ3n) is 26.1. The molecule has 0 aromatic heterocycles. The number of halogens is 1. The highest BCUT2D eigenvalue weighted by molar-refractivity contribution is 7.89. The number of ether oxygens (including phenoxy) is 8. The first-order valence-electron chi connectivity index (χ1n) is 45.1. The van der Waals surface area contributed by atoms with Crippen molar-refractivity contribution in [2.75, 3.05) is 33.4 Å². The lowest BCUT2D eigenvalue weighted by Crippen LogP contribution is -2.64. The molecule has 9 amide bonds. The van der Waals surface area contributed by atoms with E-state index < -0.39 is 248 Å². The van der Waals surface area contributed by atoms with Gasteiger partial charge >= 0.3 is 6.09 Å². The van der Waals surface area contributed by atoms with Gasteiger partial charge in [0.05, 0.1) is 47.8 Å². The number of benzene rings is 6. The zero-order chi connectivity index (χ0) is 96.2. The Kier molecular flexibility index (Phi) is 31.0. The van der Waals surface area contributed by atoms with E-state index in [4.69, 9.17) is 61.0 Å². The van der Waals surface area contributed by atoms with Crippen LogP contribution in [-0.4, -0.2) is 221 Å². The summed E-state index contributed by atoms with van der Waals surface area (Å²) in [6.07, 6.45) is -12.2. The number of aliphatic hydroxyl groups excluding tert-OH is 6. The van der Waals surface area contributed by atoms with Crippen molar-refractivity contribution in [2.45, 2.75) is 245 Å². The highest BCUT2D eigenvalue weighted by Crippen LogP contribution is 2.55. The molecule has 6 fully saturated rings. The monoisotopic (exact) mass is 1900 g/mol. The van der Waals surface area contributed by atoms with Gasteiger partial charge in [-0.2, -0.15) is 0 Å². The number of likely N-dealkylation sites (N-methyl/N-ethyl adjacent to an activating group) is 1. The Labute approximate surface area is 777 Å². The van der Waals surface area contributed by atoms with E-state index in [1.165, 1.54) is 70.3 Å². The molecule has 39 nitrogen and oxygen atoms in total. The number of carbonyl (C=O) groups excluding carboxylic acids is 9. The van der Waals surface area contributed by atoms with Gasteiger partial charge in [0.15, 0.2) is 23.9 Å². The maximum atomic E-state index is 16.6. The van der Waals surface area contributed by atoms with Crippen LogP contribution in [0, 0.1) is 36.5 Å². The number of rotatable bonds is 27. The molecule has 18 atom stereocenters. The Morgan fingerprint density at radius 1 is 0.679 bits per heavy atom. The van der Waals surface area contributed by atoms with Crippen LogP contribution in [0.3, 0.4) is 0 Å². The molecule has 2 saturated heterocycles. The Hall–Kier alpha value is -11.1. The maximum Gasteiger partial charge on any atom is 0.412 e. The van der Waals surface area contributed by atoms with E-state index in [0.717, 1.165) is 99.9 Å². The van der Waals surface area contributed by atoms with Gasteiger partial charge < -0.3 is 138 Å². The van der Waals surface area contributed by atoms with Gasteiger partial charge in [-0.25, -0.2) is 17.9 Å². The molecule has 724 valence electrons. The zero-order valence-electron chi connectivity index (χ0n) is 74.9. The average Bonchev–Trinajstić information content (AvgIpc) is 0.749. The van der Waals surface area contributed by atoms with Gasteiger partial charge in [0.2, 0.25) is 69.3 Å². The summed E-state index contributed by atoms with van der Waals surface area (Å²) in [6, 6.07) is 6.69. The van der Waals surface area contributed by atoms with Crippen LogP contribution in [0.4, 0.5) is 4.79 Å². The molecule has 6 aromatic rings. The molecule has 4 aliphatic carbocycles. The quantitative estimate of drug-likeness (QED) is 0.0319. The molecule has 0 radical (unpaired) electrons. The largest absolute Gasteiger partial charge is 0.507 e. The lowest BCUT2D eigenvalue weighted by atomic mass is 9.54. The molecule has 15 bridgehead atoms. The Bertz CT molecular complexity index is 5470. The Morgan fingerprint density at radius 3 is 1.98 bits per heavy atom. The van der Waals surface area contributed by atoms with Gasteiger partial charge in [0.25, 0.3) is 0 Å². The van der Waals surface area contributed by atoms with Gasteiger partial charge in [0, 0.05) is 48.3 Å². The minimum absolute atomic E-state index is 0.00677. The molecule has 41 heteroatoms. The number of sulfonamides is 1. The van der Waals surface area contributed by atoms with Crippen molar-refractivity contribution in [3.05, 3.63) is 142 Å². The summed E-state index contributed by atoms with van der Waals surface area (Å²) in [5, 5.41) is 120. The highest BCUT2D eigenvalue weighted by Gasteiger charge is 2.54. The molecule has 134 heavy (non-hydrogen) atoms. The summed E-state index contributed by atoms with van der Waals surface area (Å²) < 4.78 is 80.0. The first-order valence-corrected chi connectivity index (χ1v) is 47.0. The first-order chi connectivity index (χ1) is 63.8. The van der Waals surface area contributed by atoms with Crippen LogP contribution in [0.15, 0.2) is 108 Å². The van der Waals surface area contributed by atoms with E-state index in [-0.39, 0.29) is 101 Å². The maximum absolute atomic E-state index is 16.6. The van der Waals surface area contributed by atoms with Crippen molar-refractivity contribution in [2.24, 2.45) is 41.1 Å². The number of hydrogen-bond donors (Lipinski definition) is 20.